The van der Waals surface area contributed by atoms with Crippen molar-refractivity contribution in [2.24, 2.45) is 0 Å². The number of nitrogens with one attached hydrogen (secondary N) is 1. The fourth-order valence-electron chi connectivity index (χ4n) is 3.08. The molecule has 142 valence electrons. The fourth-order valence-corrected chi connectivity index (χ4v) is 4.35. The lowest BCUT2D eigenvalue weighted by molar-refractivity contribution is 0.0601. The van der Waals surface area contributed by atoms with Gasteiger partial charge in [-0.3, -0.25) is 4.79 Å². The van der Waals surface area contributed by atoms with Crippen LogP contribution in [0, 0.1) is 0 Å². The van der Waals surface area contributed by atoms with Crippen molar-refractivity contribution in [2.75, 3.05) is 19.0 Å². The van der Waals surface area contributed by atoms with Crippen LogP contribution in [0.3, 0.4) is 0 Å². The Morgan fingerprint density at radius 2 is 2.04 bits per heavy atom. The maximum Gasteiger partial charge on any atom is 0.341 e. The zero-order valence-electron chi connectivity index (χ0n) is 15.6. The summed E-state index contributed by atoms with van der Waals surface area (Å²) < 4.78 is 10.6. The third-order valence-electron chi connectivity index (χ3n) is 4.37. The van der Waals surface area contributed by atoms with Gasteiger partial charge in [0.2, 0.25) is 0 Å². The van der Waals surface area contributed by atoms with Gasteiger partial charge in [0.15, 0.2) is 0 Å². The second-order valence-electron chi connectivity index (χ2n) is 6.63. The lowest BCUT2D eigenvalue weighted by Crippen LogP contribution is -2.15. The Morgan fingerprint density at radius 3 is 2.78 bits per heavy atom. The second kappa shape index (κ2) is 8.39. The van der Waals surface area contributed by atoms with E-state index in [1.807, 2.05) is 6.92 Å². The van der Waals surface area contributed by atoms with Crippen molar-refractivity contribution in [3.05, 3.63) is 58.0 Å². The summed E-state index contributed by atoms with van der Waals surface area (Å²) in [6, 6.07) is 6.96. The van der Waals surface area contributed by atoms with E-state index in [-0.39, 0.29) is 5.91 Å². The molecule has 2 aromatic rings. The molecule has 0 radical (unpaired) electrons. The molecule has 5 nitrogen and oxygen atoms in total. The molecule has 6 heteroatoms. The number of carbonyl (C=O) groups is 2. The first kappa shape index (κ1) is 19.2. The highest BCUT2D eigenvalue weighted by Crippen LogP contribution is 2.38. The normalized spacial score (nSPS) is 12.8. The Hall–Kier alpha value is -2.60. The van der Waals surface area contributed by atoms with Gasteiger partial charge in [0.05, 0.1) is 12.7 Å². The molecule has 1 aliphatic rings. The highest BCUT2D eigenvalue weighted by molar-refractivity contribution is 7.17. The SMILES string of the molecule is C=C(C)COc1cccc(C(=O)Nc2sc3c(c2C(=O)OC)CCCC3)c1. The highest BCUT2D eigenvalue weighted by Gasteiger charge is 2.27. The Kier molecular flexibility index (Phi) is 5.96. The number of aryl methyl sites for hydroxylation is 1. The van der Waals surface area contributed by atoms with E-state index in [0.29, 0.717) is 28.5 Å². The van der Waals surface area contributed by atoms with Crippen molar-refractivity contribution in [3.63, 3.8) is 0 Å². The van der Waals surface area contributed by atoms with E-state index in [1.165, 1.54) is 18.4 Å². The van der Waals surface area contributed by atoms with Crippen LogP contribution in [0.25, 0.3) is 0 Å². The Labute approximate surface area is 163 Å². The molecule has 0 fully saturated rings. The van der Waals surface area contributed by atoms with Gasteiger partial charge in [-0.05, 0) is 61.9 Å². The summed E-state index contributed by atoms with van der Waals surface area (Å²) in [5.74, 6) is -0.0768. The number of ether oxygens (including phenoxy) is 2. The molecule has 0 aliphatic heterocycles. The number of methoxy groups -OCH3 is 1. The van der Waals surface area contributed by atoms with E-state index in [4.69, 9.17) is 9.47 Å². The number of anilines is 1. The Morgan fingerprint density at radius 1 is 1.26 bits per heavy atom. The van der Waals surface area contributed by atoms with Gasteiger partial charge in [-0.15, -0.1) is 11.3 Å². The summed E-state index contributed by atoms with van der Waals surface area (Å²) in [5.41, 5.74) is 2.89. The number of carbonyl (C=O) groups excluding carboxylic acids is 2. The van der Waals surface area contributed by atoms with Crippen molar-refractivity contribution >= 4 is 28.2 Å². The van der Waals surface area contributed by atoms with E-state index < -0.39 is 5.97 Å². The fraction of sp³-hybridized carbons (Fsp3) is 0.333. The van der Waals surface area contributed by atoms with Crippen LogP contribution in [-0.4, -0.2) is 25.6 Å². The van der Waals surface area contributed by atoms with Gasteiger partial charge in [0.25, 0.3) is 5.91 Å². The number of thiophene rings is 1. The molecule has 1 amide bonds. The van der Waals surface area contributed by atoms with Gasteiger partial charge in [-0.2, -0.15) is 0 Å². The van der Waals surface area contributed by atoms with Gasteiger partial charge in [0.1, 0.15) is 17.4 Å². The van der Waals surface area contributed by atoms with Crippen molar-refractivity contribution in [2.45, 2.75) is 32.6 Å². The molecule has 3 rings (SSSR count). The standard InChI is InChI=1S/C21H23NO4S/c1-13(2)12-26-15-8-6-7-14(11-15)19(23)22-20-18(21(24)25-3)16-9-4-5-10-17(16)27-20/h6-8,11H,1,4-5,9-10,12H2,2-3H3,(H,22,23). The molecule has 1 aromatic carbocycles. The van der Waals surface area contributed by atoms with Gasteiger partial charge >= 0.3 is 5.97 Å². The summed E-state index contributed by atoms with van der Waals surface area (Å²) in [6.45, 7) is 6.08. The number of amides is 1. The number of rotatable bonds is 6. The van der Waals surface area contributed by atoms with Crippen molar-refractivity contribution in [1.82, 2.24) is 0 Å². The maximum absolute atomic E-state index is 12.8. The second-order valence-corrected chi connectivity index (χ2v) is 7.74. The molecule has 0 atom stereocenters. The zero-order chi connectivity index (χ0) is 19.4. The summed E-state index contributed by atoms with van der Waals surface area (Å²) >= 11 is 1.47. The molecular formula is C21H23NO4S. The summed E-state index contributed by atoms with van der Waals surface area (Å²) in [4.78, 5) is 26.2. The highest BCUT2D eigenvalue weighted by atomic mass is 32.1. The first-order valence-corrected chi connectivity index (χ1v) is 9.72. The molecule has 1 N–H and O–H groups in total. The average molecular weight is 385 g/mol. The maximum atomic E-state index is 12.8. The first-order chi connectivity index (χ1) is 13.0. The Balaban J connectivity index is 1.84. The van der Waals surface area contributed by atoms with Gasteiger partial charge in [0, 0.05) is 10.4 Å². The van der Waals surface area contributed by atoms with E-state index in [0.717, 1.165) is 41.7 Å². The number of hydrogen-bond acceptors (Lipinski definition) is 5. The molecule has 1 aliphatic carbocycles. The van der Waals surface area contributed by atoms with Crippen LogP contribution < -0.4 is 10.1 Å². The average Bonchev–Trinajstić information content (AvgIpc) is 3.03. The largest absolute Gasteiger partial charge is 0.489 e. The van der Waals surface area contributed by atoms with E-state index in [1.54, 1.807) is 24.3 Å². The summed E-state index contributed by atoms with van der Waals surface area (Å²) in [6.07, 6.45) is 3.92. The number of fused-ring (bicyclic) bond motifs is 1. The topological polar surface area (TPSA) is 64.6 Å². The van der Waals surface area contributed by atoms with Crippen molar-refractivity contribution in [3.8, 4) is 5.75 Å². The van der Waals surface area contributed by atoms with Gasteiger partial charge in [-0.1, -0.05) is 12.6 Å². The molecular weight excluding hydrogens is 362 g/mol. The molecule has 1 heterocycles. The van der Waals surface area contributed by atoms with Gasteiger partial charge in [-0.25, -0.2) is 4.79 Å². The van der Waals surface area contributed by atoms with Crippen molar-refractivity contribution < 1.29 is 19.1 Å². The monoisotopic (exact) mass is 385 g/mol. The smallest absolute Gasteiger partial charge is 0.341 e. The number of hydrogen-bond donors (Lipinski definition) is 1. The Bertz CT molecular complexity index is 884. The predicted octanol–water partition coefficient (Wildman–Crippen LogP) is 4.62. The van der Waals surface area contributed by atoms with E-state index in [2.05, 4.69) is 11.9 Å². The van der Waals surface area contributed by atoms with E-state index >= 15 is 0 Å². The van der Waals surface area contributed by atoms with Crippen LogP contribution in [-0.2, 0) is 17.6 Å². The lowest BCUT2D eigenvalue weighted by atomic mass is 9.95. The molecule has 0 saturated carbocycles. The summed E-state index contributed by atoms with van der Waals surface area (Å²) in [5, 5.41) is 3.46. The lowest BCUT2D eigenvalue weighted by Gasteiger charge is -2.12. The van der Waals surface area contributed by atoms with Crippen molar-refractivity contribution in [1.29, 1.82) is 0 Å². The number of benzene rings is 1. The van der Waals surface area contributed by atoms with Crippen LogP contribution in [0.2, 0.25) is 0 Å². The molecule has 0 saturated heterocycles. The zero-order valence-corrected chi connectivity index (χ0v) is 16.4. The van der Waals surface area contributed by atoms with Crippen LogP contribution in [0.4, 0.5) is 5.00 Å². The molecule has 1 aromatic heterocycles. The minimum Gasteiger partial charge on any atom is -0.489 e. The third-order valence-corrected chi connectivity index (χ3v) is 5.58. The summed E-state index contributed by atoms with van der Waals surface area (Å²) in [7, 11) is 1.36. The van der Waals surface area contributed by atoms with Crippen LogP contribution in [0.1, 0.15) is 50.9 Å². The molecule has 0 unspecified atom stereocenters. The molecule has 0 bridgehead atoms. The predicted molar refractivity (Wildman–Crippen MR) is 107 cm³/mol. The minimum atomic E-state index is -0.400. The van der Waals surface area contributed by atoms with Crippen LogP contribution >= 0.6 is 11.3 Å². The number of esters is 1. The first-order valence-electron chi connectivity index (χ1n) is 8.91. The molecule has 27 heavy (non-hydrogen) atoms. The molecule has 0 spiro atoms. The quantitative estimate of drug-likeness (QED) is 0.582. The minimum absolute atomic E-state index is 0.278. The van der Waals surface area contributed by atoms with Gasteiger partial charge < -0.3 is 14.8 Å². The van der Waals surface area contributed by atoms with E-state index in [9.17, 15) is 9.59 Å². The van der Waals surface area contributed by atoms with Crippen LogP contribution in [0.5, 0.6) is 5.75 Å². The third kappa shape index (κ3) is 4.39. The van der Waals surface area contributed by atoms with Crippen LogP contribution in [0.15, 0.2) is 36.4 Å².